The van der Waals surface area contributed by atoms with E-state index in [1.165, 1.54) is 35.7 Å². The number of rotatable bonds is 8. The number of benzene rings is 3. The van der Waals surface area contributed by atoms with Gasteiger partial charge in [-0.3, -0.25) is 0 Å². The molecule has 7 heteroatoms. The normalized spacial score (nSPS) is 12.7. The summed E-state index contributed by atoms with van der Waals surface area (Å²) in [5.74, 6) is -0.424. The van der Waals surface area contributed by atoms with Crippen molar-refractivity contribution in [3.63, 3.8) is 0 Å². The molecule has 0 saturated heterocycles. The lowest BCUT2D eigenvalue weighted by Crippen LogP contribution is -2.34. The summed E-state index contributed by atoms with van der Waals surface area (Å²) in [6, 6.07) is 19.5. The number of methoxy groups -OCH3 is 1. The number of hydrogen-bond acceptors (Lipinski definition) is 3. The van der Waals surface area contributed by atoms with Crippen molar-refractivity contribution >= 4 is 21.6 Å². The molecular formula is C23H23ClFNO3S. The van der Waals surface area contributed by atoms with Crippen LogP contribution in [-0.2, 0) is 16.6 Å². The maximum atomic E-state index is 14.3. The summed E-state index contributed by atoms with van der Waals surface area (Å²) in [7, 11) is -2.50. The Labute approximate surface area is 181 Å². The van der Waals surface area contributed by atoms with Crippen LogP contribution in [0.3, 0.4) is 0 Å². The van der Waals surface area contributed by atoms with E-state index in [1.807, 2.05) is 37.3 Å². The highest BCUT2D eigenvalue weighted by molar-refractivity contribution is 7.89. The Balaban J connectivity index is 2.08. The van der Waals surface area contributed by atoms with Crippen molar-refractivity contribution in [3.05, 3.63) is 94.8 Å². The lowest BCUT2D eigenvalue weighted by Gasteiger charge is -2.31. The first-order valence-corrected chi connectivity index (χ1v) is 11.3. The van der Waals surface area contributed by atoms with Gasteiger partial charge in [0.25, 0.3) is 0 Å². The van der Waals surface area contributed by atoms with E-state index in [1.54, 1.807) is 18.2 Å². The predicted molar refractivity (Wildman–Crippen MR) is 117 cm³/mol. The van der Waals surface area contributed by atoms with Crippen LogP contribution in [0.25, 0.3) is 0 Å². The summed E-state index contributed by atoms with van der Waals surface area (Å²) in [6.07, 6.45) is 0.551. The van der Waals surface area contributed by atoms with Crippen LogP contribution in [0.1, 0.15) is 30.5 Å². The largest absolute Gasteiger partial charge is 0.494 e. The first-order chi connectivity index (χ1) is 14.4. The Bertz CT molecular complexity index is 1090. The maximum absolute atomic E-state index is 14.3. The van der Waals surface area contributed by atoms with Gasteiger partial charge in [0.1, 0.15) is 0 Å². The average molecular weight is 448 g/mol. The molecule has 0 amide bonds. The smallest absolute Gasteiger partial charge is 0.243 e. The second-order valence-electron chi connectivity index (χ2n) is 6.81. The Kier molecular flexibility index (Phi) is 7.13. The topological polar surface area (TPSA) is 46.6 Å². The predicted octanol–water partition coefficient (Wildman–Crippen LogP) is 5.83. The van der Waals surface area contributed by atoms with Crippen LogP contribution in [0, 0.1) is 5.82 Å². The summed E-state index contributed by atoms with van der Waals surface area (Å²) in [6.45, 7) is 1.94. The van der Waals surface area contributed by atoms with Gasteiger partial charge in [-0.1, -0.05) is 54.9 Å². The lowest BCUT2D eigenvalue weighted by atomic mass is 10.0. The highest BCUT2D eigenvalue weighted by Crippen LogP contribution is 2.33. The SMILES string of the molecule is CC[C@@H](c1ccccc1)N(Cc1ccc(OC)c(F)c1)S(=O)(=O)c1ccc(Cl)cc1. The van der Waals surface area contributed by atoms with E-state index in [-0.39, 0.29) is 17.2 Å². The molecule has 0 aromatic heterocycles. The van der Waals surface area contributed by atoms with Crippen molar-refractivity contribution in [1.82, 2.24) is 4.31 Å². The highest BCUT2D eigenvalue weighted by Gasteiger charge is 2.32. The number of nitrogens with zero attached hydrogens (tertiary/aromatic N) is 1. The fourth-order valence-electron chi connectivity index (χ4n) is 3.37. The average Bonchev–Trinajstić information content (AvgIpc) is 2.75. The van der Waals surface area contributed by atoms with Crippen LogP contribution in [-0.4, -0.2) is 19.8 Å². The number of ether oxygens (including phenoxy) is 1. The molecular weight excluding hydrogens is 425 g/mol. The molecule has 158 valence electrons. The van der Waals surface area contributed by atoms with Gasteiger partial charge < -0.3 is 4.74 Å². The first kappa shape index (κ1) is 22.3. The van der Waals surface area contributed by atoms with Gasteiger partial charge >= 0.3 is 0 Å². The molecule has 0 N–H and O–H groups in total. The molecule has 3 aromatic rings. The molecule has 4 nitrogen and oxygen atoms in total. The molecule has 1 atom stereocenters. The Hall–Kier alpha value is -2.41. The lowest BCUT2D eigenvalue weighted by molar-refractivity contribution is 0.309. The van der Waals surface area contributed by atoms with Crippen LogP contribution in [0.2, 0.25) is 5.02 Å². The van der Waals surface area contributed by atoms with Gasteiger partial charge in [0.2, 0.25) is 10.0 Å². The van der Waals surface area contributed by atoms with Gasteiger partial charge in [-0.05, 0) is 53.9 Å². The summed E-state index contributed by atoms with van der Waals surface area (Å²) >= 11 is 5.94. The number of hydrogen-bond donors (Lipinski definition) is 0. The molecule has 0 radical (unpaired) electrons. The Morgan fingerprint density at radius 3 is 2.27 bits per heavy atom. The standard InChI is InChI=1S/C23H23ClFNO3S/c1-3-22(18-7-5-4-6-8-18)26(16-17-9-14-23(29-2)21(25)15-17)30(27,28)20-12-10-19(24)11-13-20/h4-15,22H,3,16H2,1-2H3/t22-/m0/s1. The minimum atomic E-state index is -3.88. The van der Waals surface area contributed by atoms with Crippen molar-refractivity contribution in [3.8, 4) is 5.75 Å². The third kappa shape index (κ3) is 4.83. The van der Waals surface area contributed by atoms with Gasteiger partial charge in [0.05, 0.1) is 18.0 Å². The summed E-state index contributed by atoms with van der Waals surface area (Å²) < 4.78 is 47.8. The van der Waals surface area contributed by atoms with E-state index in [0.29, 0.717) is 17.0 Å². The molecule has 0 bridgehead atoms. The zero-order chi connectivity index (χ0) is 21.7. The van der Waals surface area contributed by atoms with E-state index in [4.69, 9.17) is 16.3 Å². The van der Waals surface area contributed by atoms with E-state index < -0.39 is 21.9 Å². The third-order valence-electron chi connectivity index (χ3n) is 4.89. The summed E-state index contributed by atoms with van der Waals surface area (Å²) in [5, 5.41) is 0.452. The molecule has 0 fully saturated rings. The van der Waals surface area contributed by atoms with Gasteiger partial charge in [-0.25, -0.2) is 12.8 Å². The van der Waals surface area contributed by atoms with Gasteiger partial charge in [0, 0.05) is 11.6 Å². The van der Waals surface area contributed by atoms with E-state index >= 15 is 0 Å². The molecule has 0 heterocycles. The molecule has 30 heavy (non-hydrogen) atoms. The molecule has 0 unspecified atom stereocenters. The third-order valence-corrected chi connectivity index (χ3v) is 7.01. The van der Waals surface area contributed by atoms with Crippen molar-refractivity contribution < 1.29 is 17.5 Å². The fraction of sp³-hybridized carbons (Fsp3) is 0.217. The molecule has 0 saturated carbocycles. The molecule has 0 aliphatic heterocycles. The van der Waals surface area contributed by atoms with Gasteiger partial charge in [-0.15, -0.1) is 0 Å². The molecule has 3 aromatic carbocycles. The second kappa shape index (κ2) is 9.60. The van der Waals surface area contributed by atoms with Crippen molar-refractivity contribution in [2.24, 2.45) is 0 Å². The Morgan fingerprint density at radius 2 is 1.70 bits per heavy atom. The van der Waals surface area contributed by atoms with Crippen molar-refractivity contribution in [1.29, 1.82) is 0 Å². The monoisotopic (exact) mass is 447 g/mol. The zero-order valence-electron chi connectivity index (χ0n) is 16.8. The maximum Gasteiger partial charge on any atom is 0.243 e. The van der Waals surface area contributed by atoms with Gasteiger partial charge in [-0.2, -0.15) is 4.31 Å². The Morgan fingerprint density at radius 1 is 1.03 bits per heavy atom. The molecule has 3 rings (SSSR count). The molecule has 0 aliphatic carbocycles. The minimum absolute atomic E-state index is 0.0132. The van der Waals surface area contributed by atoms with Crippen LogP contribution in [0.5, 0.6) is 5.75 Å². The number of sulfonamides is 1. The van der Waals surface area contributed by atoms with E-state index in [9.17, 15) is 12.8 Å². The number of halogens is 2. The quantitative estimate of drug-likeness (QED) is 0.436. The van der Waals surface area contributed by atoms with E-state index in [2.05, 4.69) is 0 Å². The van der Waals surface area contributed by atoms with E-state index in [0.717, 1.165) is 5.56 Å². The first-order valence-electron chi connectivity index (χ1n) is 9.51. The van der Waals surface area contributed by atoms with Crippen LogP contribution in [0.15, 0.2) is 77.7 Å². The minimum Gasteiger partial charge on any atom is -0.494 e. The second-order valence-corrected chi connectivity index (χ2v) is 9.13. The fourth-order valence-corrected chi connectivity index (χ4v) is 5.18. The van der Waals surface area contributed by atoms with Crippen molar-refractivity contribution in [2.45, 2.75) is 30.8 Å². The van der Waals surface area contributed by atoms with Crippen LogP contribution < -0.4 is 4.74 Å². The van der Waals surface area contributed by atoms with Crippen LogP contribution in [0.4, 0.5) is 4.39 Å². The molecule has 0 spiro atoms. The molecule has 0 aliphatic rings. The summed E-state index contributed by atoms with van der Waals surface area (Å²) in [4.78, 5) is 0.135. The van der Waals surface area contributed by atoms with Gasteiger partial charge in [0.15, 0.2) is 11.6 Å². The van der Waals surface area contributed by atoms with Crippen LogP contribution >= 0.6 is 11.6 Å². The van der Waals surface area contributed by atoms with Crippen molar-refractivity contribution in [2.75, 3.05) is 7.11 Å². The highest BCUT2D eigenvalue weighted by atomic mass is 35.5. The zero-order valence-corrected chi connectivity index (χ0v) is 18.3. The summed E-state index contributed by atoms with van der Waals surface area (Å²) in [5.41, 5.74) is 1.40.